The minimum absolute atomic E-state index is 0.0487. The fourth-order valence-corrected chi connectivity index (χ4v) is 5.26. The predicted octanol–water partition coefficient (Wildman–Crippen LogP) is 5.00. The number of anilines is 1. The van der Waals surface area contributed by atoms with Crippen molar-refractivity contribution in [1.29, 1.82) is 0 Å². The summed E-state index contributed by atoms with van der Waals surface area (Å²) >= 11 is 6.14. The second-order valence-corrected chi connectivity index (χ2v) is 9.93. The Morgan fingerprint density at radius 3 is 2.18 bits per heavy atom. The van der Waals surface area contributed by atoms with E-state index in [1.807, 2.05) is 62.4 Å². The summed E-state index contributed by atoms with van der Waals surface area (Å²) in [6.45, 7) is 4.03. The molecule has 0 unspecified atom stereocenters. The van der Waals surface area contributed by atoms with Gasteiger partial charge in [-0.2, -0.15) is 4.72 Å². The Morgan fingerprint density at radius 2 is 1.62 bits per heavy atom. The number of para-hydroxylation sites is 1. The molecular formula is C26H29ClN2O4S. The van der Waals surface area contributed by atoms with Crippen LogP contribution in [-0.2, 0) is 34.1 Å². The van der Waals surface area contributed by atoms with E-state index in [0.717, 1.165) is 35.2 Å². The predicted molar refractivity (Wildman–Crippen MR) is 136 cm³/mol. The Labute approximate surface area is 206 Å². The minimum Gasteiger partial charge on any atom is -0.495 e. The van der Waals surface area contributed by atoms with Crippen molar-refractivity contribution >= 4 is 33.2 Å². The number of hydrogen-bond donors (Lipinski definition) is 2. The van der Waals surface area contributed by atoms with Gasteiger partial charge in [-0.25, -0.2) is 8.42 Å². The molecule has 0 spiro atoms. The quantitative estimate of drug-likeness (QED) is 0.410. The zero-order chi connectivity index (χ0) is 24.7. The van der Waals surface area contributed by atoms with Gasteiger partial charge in [0.25, 0.3) is 0 Å². The molecule has 180 valence electrons. The fourth-order valence-electron chi connectivity index (χ4n) is 3.72. The van der Waals surface area contributed by atoms with Crippen molar-refractivity contribution in [2.24, 2.45) is 0 Å². The Bertz CT molecular complexity index is 1220. The van der Waals surface area contributed by atoms with Gasteiger partial charge >= 0.3 is 0 Å². The molecule has 0 saturated carbocycles. The van der Waals surface area contributed by atoms with Crippen LogP contribution in [0.15, 0.2) is 71.6 Å². The third kappa shape index (κ3) is 6.17. The van der Waals surface area contributed by atoms with Gasteiger partial charge in [0, 0.05) is 5.69 Å². The normalized spacial score (nSPS) is 12.2. The Kier molecular flexibility index (Phi) is 8.72. The SMILES string of the molecule is CCc1cccc(CC)c1NC(=O)[C@H](Cc1ccccc1)NS(=O)(=O)c1ccc(OC)c(Cl)c1. The van der Waals surface area contributed by atoms with Crippen LogP contribution >= 0.6 is 11.6 Å². The largest absolute Gasteiger partial charge is 0.495 e. The second kappa shape index (κ2) is 11.5. The molecule has 0 bridgehead atoms. The van der Waals surface area contributed by atoms with Crippen molar-refractivity contribution in [2.75, 3.05) is 12.4 Å². The van der Waals surface area contributed by atoms with Crippen molar-refractivity contribution in [3.8, 4) is 5.75 Å². The highest BCUT2D eigenvalue weighted by molar-refractivity contribution is 7.89. The third-order valence-corrected chi connectivity index (χ3v) is 7.34. The summed E-state index contributed by atoms with van der Waals surface area (Å²) in [4.78, 5) is 13.4. The molecule has 0 aromatic heterocycles. The van der Waals surface area contributed by atoms with Gasteiger partial charge in [-0.05, 0) is 54.2 Å². The first-order valence-electron chi connectivity index (χ1n) is 11.1. The molecule has 34 heavy (non-hydrogen) atoms. The monoisotopic (exact) mass is 500 g/mol. The van der Waals surface area contributed by atoms with Crippen LogP contribution in [0.5, 0.6) is 5.75 Å². The van der Waals surface area contributed by atoms with Crippen molar-refractivity contribution in [3.63, 3.8) is 0 Å². The third-order valence-electron chi connectivity index (χ3n) is 5.58. The summed E-state index contributed by atoms with van der Waals surface area (Å²) in [5, 5.41) is 3.16. The number of carbonyl (C=O) groups is 1. The van der Waals surface area contributed by atoms with Crippen molar-refractivity contribution < 1.29 is 17.9 Å². The molecule has 0 aliphatic heterocycles. The molecule has 3 aromatic rings. The standard InChI is InChI=1S/C26H29ClN2O4S/c1-4-19-12-9-13-20(5-2)25(19)28-26(30)23(16-18-10-7-6-8-11-18)29-34(31,32)21-14-15-24(33-3)22(27)17-21/h6-15,17,23,29H,4-5,16H2,1-3H3,(H,28,30)/t23-/m0/s1. The molecule has 0 saturated heterocycles. The summed E-state index contributed by atoms with van der Waals surface area (Å²) in [6, 6.07) is 18.3. The molecule has 6 nitrogen and oxygen atoms in total. The zero-order valence-corrected chi connectivity index (χ0v) is 21.0. The average Bonchev–Trinajstić information content (AvgIpc) is 2.84. The zero-order valence-electron chi connectivity index (χ0n) is 19.5. The van der Waals surface area contributed by atoms with E-state index in [1.165, 1.54) is 25.3 Å². The van der Waals surface area contributed by atoms with E-state index >= 15 is 0 Å². The van der Waals surface area contributed by atoms with Crippen LogP contribution in [-0.4, -0.2) is 27.5 Å². The van der Waals surface area contributed by atoms with Crippen molar-refractivity contribution in [3.05, 3.63) is 88.4 Å². The summed E-state index contributed by atoms with van der Waals surface area (Å²) in [5.41, 5.74) is 3.56. The Morgan fingerprint density at radius 1 is 0.971 bits per heavy atom. The maximum Gasteiger partial charge on any atom is 0.242 e. The second-order valence-electron chi connectivity index (χ2n) is 7.81. The molecule has 0 aliphatic rings. The first-order chi connectivity index (χ1) is 16.3. The molecule has 0 aliphatic carbocycles. The highest BCUT2D eigenvalue weighted by Gasteiger charge is 2.27. The van der Waals surface area contributed by atoms with E-state index in [2.05, 4.69) is 10.0 Å². The van der Waals surface area contributed by atoms with Crippen molar-refractivity contribution in [1.82, 2.24) is 4.72 Å². The summed E-state index contributed by atoms with van der Waals surface area (Å²) in [5.74, 6) is -0.0647. The summed E-state index contributed by atoms with van der Waals surface area (Å²) in [6.07, 6.45) is 1.66. The maximum absolute atomic E-state index is 13.4. The molecule has 0 heterocycles. The number of nitrogens with one attached hydrogen (secondary N) is 2. The Balaban J connectivity index is 1.94. The van der Waals surface area contributed by atoms with Gasteiger partial charge in [0.1, 0.15) is 11.8 Å². The summed E-state index contributed by atoms with van der Waals surface area (Å²) in [7, 11) is -2.60. The molecule has 2 N–H and O–H groups in total. The van der Waals surface area contributed by atoms with Crippen LogP contribution in [0.2, 0.25) is 5.02 Å². The topological polar surface area (TPSA) is 84.5 Å². The van der Waals surface area contributed by atoms with Gasteiger partial charge in [0.2, 0.25) is 15.9 Å². The number of ether oxygens (including phenoxy) is 1. The van der Waals surface area contributed by atoms with Gasteiger partial charge in [-0.1, -0.05) is 74.0 Å². The van der Waals surface area contributed by atoms with E-state index in [4.69, 9.17) is 16.3 Å². The highest BCUT2D eigenvalue weighted by atomic mass is 35.5. The molecule has 0 radical (unpaired) electrons. The lowest BCUT2D eigenvalue weighted by Crippen LogP contribution is -2.45. The van der Waals surface area contributed by atoms with E-state index in [9.17, 15) is 13.2 Å². The molecule has 3 aromatic carbocycles. The lowest BCUT2D eigenvalue weighted by atomic mass is 10.0. The molecule has 1 atom stereocenters. The van der Waals surface area contributed by atoms with E-state index in [0.29, 0.717) is 5.75 Å². The number of aryl methyl sites for hydroxylation is 2. The number of halogens is 1. The van der Waals surface area contributed by atoms with E-state index in [1.54, 1.807) is 0 Å². The molecule has 0 fully saturated rings. The number of amides is 1. The van der Waals surface area contributed by atoms with Crippen LogP contribution < -0.4 is 14.8 Å². The van der Waals surface area contributed by atoms with E-state index < -0.39 is 22.0 Å². The number of benzene rings is 3. The smallest absolute Gasteiger partial charge is 0.242 e. The maximum atomic E-state index is 13.4. The van der Waals surface area contributed by atoms with Crippen LogP contribution in [0.4, 0.5) is 5.69 Å². The van der Waals surface area contributed by atoms with Crippen LogP contribution in [0.25, 0.3) is 0 Å². The number of methoxy groups -OCH3 is 1. The lowest BCUT2D eigenvalue weighted by molar-refractivity contribution is -0.117. The van der Waals surface area contributed by atoms with E-state index in [-0.39, 0.29) is 16.3 Å². The molecule has 3 rings (SSSR count). The van der Waals surface area contributed by atoms with Gasteiger partial charge in [0.15, 0.2) is 0 Å². The first-order valence-corrected chi connectivity index (χ1v) is 13.0. The lowest BCUT2D eigenvalue weighted by Gasteiger charge is -2.21. The Hall–Kier alpha value is -2.87. The molecular weight excluding hydrogens is 472 g/mol. The average molecular weight is 501 g/mol. The number of rotatable bonds is 10. The van der Waals surface area contributed by atoms with Crippen LogP contribution in [0.1, 0.15) is 30.5 Å². The molecule has 8 heteroatoms. The van der Waals surface area contributed by atoms with Crippen LogP contribution in [0.3, 0.4) is 0 Å². The van der Waals surface area contributed by atoms with Gasteiger partial charge < -0.3 is 10.1 Å². The summed E-state index contributed by atoms with van der Waals surface area (Å²) < 4.78 is 34.1. The van der Waals surface area contributed by atoms with Crippen LogP contribution in [0, 0.1) is 0 Å². The number of carbonyl (C=O) groups excluding carboxylic acids is 1. The molecule has 1 amide bonds. The first kappa shape index (κ1) is 25.7. The van der Waals surface area contributed by atoms with Gasteiger partial charge in [0.05, 0.1) is 17.0 Å². The van der Waals surface area contributed by atoms with Gasteiger partial charge in [-0.15, -0.1) is 0 Å². The number of sulfonamides is 1. The van der Waals surface area contributed by atoms with Gasteiger partial charge in [-0.3, -0.25) is 4.79 Å². The fraction of sp³-hybridized carbons (Fsp3) is 0.269. The van der Waals surface area contributed by atoms with Crippen molar-refractivity contribution in [2.45, 2.75) is 44.0 Å². The minimum atomic E-state index is -4.05. The highest BCUT2D eigenvalue weighted by Crippen LogP contribution is 2.27. The number of hydrogen-bond acceptors (Lipinski definition) is 4.